The van der Waals surface area contributed by atoms with Gasteiger partial charge in [-0.15, -0.1) is 0 Å². The lowest BCUT2D eigenvalue weighted by atomic mass is 9.79. The molecule has 4 unspecified atom stereocenters. The number of hydrogen-bond acceptors (Lipinski definition) is 3. The zero-order valence-corrected chi connectivity index (χ0v) is 11.7. The third kappa shape index (κ3) is 3.45. The second-order valence-electron chi connectivity index (χ2n) is 6.26. The molecule has 4 nitrogen and oxygen atoms in total. The van der Waals surface area contributed by atoms with E-state index in [-0.39, 0.29) is 17.9 Å². The SMILES string of the molecule is CC1CC(C(=O)NC2CCCN(C)C2)CCC1N. The van der Waals surface area contributed by atoms with Gasteiger partial charge in [0, 0.05) is 24.5 Å². The van der Waals surface area contributed by atoms with Gasteiger partial charge in [-0.2, -0.15) is 0 Å². The fourth-order valence-corrected chi connectivity index (χ4v) is 3.26. The van der Waals surface area contributed by atoms with E-state index >= 15 is 0 Å². The number of rotatable bonds is 2. The largest absolute Gasteiger partial charge is 0.352 e. The average molecular weight is 253 g/mol. The minimum absolute atomic E-state index is 0.187. The lowest BCUT2D eigenvalue weighted by molar-refractivity contribution is -0.127. The standard InChI is InChI=1S/C14H27N3O/c1-10-8-11(5-6-13(10)15)14(18)16-12-4-3-7-17(2)9-12/h10-13H,3-9,15H2,1-2H3,(H,16,18). The number of nitrogens with one attached hydrogen (secondary N) is 1. The van der Waals surface area contributed by atoms with Gasteiger partial charge in [0.25, 0.3) is 0 Å². The molecule has 4 heteroatoms. The van der Waals surface area contributed by atoms with Gasteiger partial charge in [0.2, 0.25) is 5.91 Å². The molecule has 2 fully saturated rings. The van der Waals surface area contributed by atoms with Crippen molar-refractivity contribution in [1.82, 2.24) is 10.2 Å². The fourth-order valence-electron chi connectivity index (χ4n) is 3.26. The highest BCUT2D eigenvalue weighted by molar-refractivity contribution is 5.79. The second-order valence-corrected chi connectivity index (χ2v) is 6.26. The fraction of sp³-hybridized carbons (Fsp3) is 0.929. The summed E-state index contributed by atoms with van der Waals surface area (Å²) in [6.45, 7) is 4.31. The number of likely N-dealkylation sites (N-methyl/N-ethyl adjacent to an activating group) is 1. The number of amides is 1. The lowest BCUT2D eigenvalue weighted by Gasteiger charge is -2.34. The van der Waals surface area contributed by atoms with E-state index in [0.29, 0.717) is 12.0 Å². The van der Waals surface area contributed by atoms with Crippen LogP contribution in [0.1, 0.15) is 39.0 Å². The second kappa shape index (κ2) is 6.02. The van der Waals surface area contributed by atoms with E-state index in [2.05, 4.69) is 24.2 Å². The minimum atomic E-state index is 0.187. The predicted octanol–water partition coefficient (Wildman–Crippen LogP) is 0.960. The van der Waals surface area contributed by atoms with Crippen molar-refractivity contribution in [2.24, 2.45) is 17.6 Å². The van der Waals surface area contributed by atoms with Crippen molar-refractivity contribution in [1.29, 1.82) is 0 Å². The Bertz CT molecular complexity index is 295. The van der Waals surface area contributed by atoms with Crippen molar-refractivity contribution < 1.29 is 4.79 Å². The third-order valence-electron chi connectivity index (χ3n) is 4.58. The smallest absolute Gasteiger partial charge is 0.223 e. The van der Waals surface area contributed by atoms with Crippen molar-refractivity contribution in [2.45, 2.75) is 51.1 Å². The van der Waals surface area contributed by atoms with Gasteiger partial charge in [0.15, 0.2) is 0 Å². The van der Waals surface area contributed by atoms with Crippen LogP contribution in [0.25, 0.3) is 0 Å². The molecule has 0 aromatic carbocycles. The molecular weight excluding hydrogens is 226 g/mol. The Morgan fingerprint density at radius 3 is 2.78 bits per heavy atom. The summed E-state index contributed by atoms with van der Waals surface area (Å²) in [5.41, 5.74) is 6.00. The molecule has 2 rings (SSSR count). The van der Waals surface area contributed by atoms with Crippen LogP contribution in [0.4, 0.5) is 0 Å². The van der Waals surface area contributed by atoms with Crippen LogP contribution < -0.4 is 11.1 Å². The van der Waals surface area contributed by atoms with Gasteiger partial charge in [-0.1, -0.05) is 6.92 Å². The predicted molar refractivity (Wildman–Crippen MR) is 73.1 cm³/mol. The number of carbonyl (C=O) groups excluding carboxylic acids is 1. The molecule has 1 heterocycles. The Morgan fingerprint density at radius 1 is 1.33 bits per heavy atom. The van der Waals surface area contributed by atoms with Gasteiger partial charge >= 0.3 is 0 Å². The lowest BCUT2D eigenvalue weighted by Crippen LogP contribution is -2.49. The molecule has 0 spiro atoms. The van der Waals surface area contributed by atoms with E-state index in [0.717, 1.165) is 38.8 Å². The van der Waals surface area contributed by atoms with Gasteiger partial charge in [0.05, 0.1) is 0 Å². The number of nitrogens with zero attached hydrogens (tertiary/aromatic N) is 1. The molecule has 4 atom stereocenters. The van der Waals surface area contributed by atoms with E-state index in [9.17, 15) is 4.79 Å². The number of hydrogen-bond donors (Lipinski definition) is 2. The first-order valence-corrected chi connectivity index (χ1v) is 7.30. The zero-order chi connectivity index (χ0) is 13.1. The Hall–Kier alpha value is -0.610. The first-order valence-electron chi connectivity index (χ1n) is 7.30. The highest BCUT2D eigenvalue weighted by atomic mass is 16.1. The number of likely N-dealkylation sites (tertiary alicyclic amines) is 1. The maximum atomic E-state index is 12.3. The maximum Gasteiger partial charge on any atom is 0.223 e. The summed E-state index contributed by atoms with van der Waals surface area (Å²) in [6, 6.07) is 0.636. The Labute approximate surface area is 110 Å². The van der Waals surface area contributed by atoms with Gasteiger partial charge in [-0.25, -0.2) is 0 Å². The zero-order valence-electron chi connectivity index (χ0n) is 11.7. The maximum absolute atomic E-state index is 12.3. The molecular formula is C14H27N3O. The summed E-state index contributed by atoms with van der Waals surface area (Å²) in [6.07, 6.45) is 5.21. The highest BCUT2D eigenvalue weighted by Crippen LogP contribution is 2.28. The van der Waals surface area contributed by atoms with Crippen molar-refractivity contribution >= 4 is 5.91 Å². The molecule has 1 saturated carbocycles. The molecule has 0 bridgehead atoms. The summed E-state index contributed by atoms with van der Waals surface area (Å²) in [4.78, 5) is 14.6. The van der Waals surface area contributed by atoms with E-state index in [1.54, 1.807) is 0 Å². The van der Waals surface area contributed by atoms with Crippen molar-refractivity contribution in [3.63, 3.8) is 0 Å². The summed E-state index contributed by atoms with van der Waals surface area (Å²) >= 11 is 0. The monoisotopic (exact) mass is 253 g/mol. The van der Waals surface area contributed by atoms with E-state index in [4.69, 9.17) is 5.73 Å². The molecule has 1 saturated heterocycles. The van der Waals surface area contributed by atoms with Crippen LogP contribution in [0.3, 0.4) is 0 Å². The van der Waals surface area contributed by atoms with E-state index < -0.39 is 0 Å². The van der Waals surface area contributed by atoms with Crippen LogP contribution in [-0.2, 0) is 4.79 Å². The normalized spacial score (nSPS) is 38.4. The topological polar surface area (TPSA) is 58.4 Å². The Kier molecular flexibility index (Phi) is 4.62. The van der Waals surface area contributed by atoms with Crippen LogP contribution in [0.2, 0.25) is 0 Å². The molecule has 1 amide bonds. The Balaban J connectivity index is 1.80. The molecule has 1 aliphatic heterocycles. The van der Waals surface area contributed by atoms with Crippen LogP contribution in [0.5, 0.6) is 0 Å². The number of piperidine rings is 1. The van der Waals surface area contributed by atoms with Crippen molar-refractivity contribution in [3.05, 3.63) is 0 Å². The summed E-state index contributed by atoms with van der Waals surface area (Å²) in [5, 5.41) is 3.23. The minimum Gasteiger partial charge on any atom is -0.352 e. The first-order chi connectivity index (χ1) is 8.56. The van der Waals surface area contributed by atoms with Gasteiger partial charge < -0.3 is 16.0 Å². The average Bonchev–Trinajstić information content (AvgIpc) is 2.32. The van der Waals surface area contributed by atoms with Crippen LogP contribution in [0, 0.1) is 11.8 Å². The molecule has 1 aliphatic carbocycles. The highest BCUT2D eigenvalue weighted by Gasteiger charge is 2.30. The van der Waals surface area contributed by atoms with Crippen LogP contribution in [0.15, 0.2) is 0 Å². The summed E-state index contributed by atoms with van der Waals surface area (Å²) in [7, 11) is 2.13. The van der Waals surface area contributed by atoms with Crippen molar-refractivity contribution in [2.75, 3.05) is 20.1 Å². The summed E-state index contributed by atoms with van der Waals surface area (Å²) < 4.78 is 0. The van der Waals surface area contributed by atoms with Gasteiger partial charge in [-0.05, 0) is 51.6 Å². The van der Waals surface area contributed by atoms with Crippen LogP contribution in [-0.4, -0.2) is 43.0 Å². The molecule has 0 aromatic heterocycles. The third-order valence-corrected chi connectivity index (χ3v) is 4.58. The van der Waals surface area contributed by atoms with E-state index in [1.165, 1.54) is 6.42 Å². The molecule has 18 heavy (non-hydrogen) atoms. The first kappa shape index (κ1) is 13.8. The van der Waals surface area contributed by atoms with E-state index in [1.807, 2.05) is 0 Å². The van der Waals surface area contributed by atoms with Crippen molar-refractivity contribution in [3.8, 4) is 0 Å². The molecule has 104 valence electrons. The Morgan fingerprint density at radius 2 is 2.11 bits per heavy atom. The number of carbonyl (C=O) groups is 1. The molecule has 0 radical (unpaired) electrons. The quantitative estimate of drug-likeness (QED) is 0.770. The molecule has 2 aliphatic rings. The molecule has 0 aromatic rings. The molecule has 3 N–H and O–H groups in total. The number of nitrogens with two attached hydrogens (primary N) is 1. The van der Waals surface area contributed by atoms with Gasteiger partial charge in [-0.3, -0.25) is 4.79 Å². The van der Waals surface area contributed by atoms with Gasteiger partial charge in [0.1, 0.15) is 0 Å². The van der Waals surface area contributed by atoms with Crippen LogP contribution >= 0.6 is 0 Å². The summed E-state index contributed by atoms with van der Waals surface area (Å²) in [5.74, 6) is 0.921.